The normalized spacial score (nSPS) is 18.9. The number of nitrogens with zero attached hydrogens (tertiary/aromatic N) is 1. The van der Waals surface area contributed by atoms with Crippen molar-refractivity contribution in [2.75, 3.05) is 13.1 Å². The van der Waals surface area contributed by atoms with Gasteiger partial charge >= 0.3 is 0 Å². The third kappa shape index (κ3) is 3.54. The first kappa shape index (κ1) is 14.9. The van der Waals surface area contributed by atoms with Crippen molar-refractivity contribution in [1.29, 1.82) is 0 Å². The second kappa shape index (κ2) is 6.79. The monoisotopic (exact) mass is 282 g/mol. The van der Waals surface area contributed by atoms with E-state index < -0.39 is 11.6 Å². The van der Waals surface area contributed by atoms with Gasteiger partial charge in [0.05, 0.1) is 6.04 Å². The molecule has 1 atom stereocenters. The molecule has 20 heavy (non-hydrogen) atoms. The Labute approximate surface area is 118 Å². The second-order valence-electron chi connectivity index (χ2n) is 5.10. The maximum atomic E-state index is 13.2. The molecule has 0 radical (unpaired) electrons. The largest absolute Gasteiger partial charge is 0.337 e. The lowest BCUT2D eigenvalue weighted by Crippen LogP contribution is -2.48. The third-order valence-electron chi connectivity index (χ3n) is 3.66. The van der Waals surface area contributed by atoms with Gasteiger partial charge in [-0.1, -0.05) is 12.5 Å². The van der Waals surface area contributed by atoms with Gasteiger partial charge in [-0.25, -0.2) is 8.78 Å². The highest BCUT2D eigenvalue weighted by Gasteiger charge is 2.24. The molecule has 1 aromatic rings. The number of halogens is 2. The molecule has 5 heteroatoms. The first-order valence-corrected chi connectivity index (χ1v) is 7.08. The number of amides is 1. The Balaban J connectivity index is 2.03. The fourth-order valence-electron chi connectivity index (χ4n) is 2.49. The first-order valence-electron chi connectivity index (χ1n) is 7.08. The SMILES string of the molecule is CCN(Cc1ccc(F)c(F)c1)C(=O)[C@H]1CCCCN1. The van der Waals surface area contributed by atoms with E-state index in [0.717, 1.165) is 37.9 Å². The molecule has 110 valence electrons. The Morgan fingerprint density at radius 2 is 2.15 bits per heavy atom. The Kier molecular flexibility index (Phi) is 5.06. The van der Waals surface area contributed by atoms with E-state index in [0.29, 0.717) is 18.7 Å². The molecule has 1 aromatic carbocycles. The molecule has 1 fully saturated rings. The van der Waals surface area contributed by atoms with Gasteiger partial charge in [0.15, 0.2) is 11.6 Å². The number of hydrogen-bond donors (Lipinski definition) is 1. The summed E-state index contributed by atoms with van der Waals surface area (Å²) < 4.78 is 26.1. The van der Waals surface area contributed by atoms with E-state index in [9.17, 15) is 13.6 Å². The zero-order chi connectivity index (χ0) is 14.5. The summed E-state index contributed by atoms with van der Waals surface area (Å²) >= 11 is 0. The molecule has 1 amide bonds. The minimum atomic E-state index is -0.873. The number of benzene rings is 1. The standard InChI is InChI=1S/C15H20F2N2O/c1-2-19(15(20)14-5-3-4-8-18-14)10-11-6-7-12(16)13(17)9-11/h6-7,9,14,18H,2-5,8,10H2,1H3/t14-/m1/s1. The van der Waals surface area contributed by atoms with Crippen LogP contribution in [0.1, 0.15) is 31.7 Å². The summed E-state index contributed by atoms with van der Waals surface area (Å²) in [5.41, 5.74) is 0.606. The zero-order valence-corrected chi connectivity index (χ0v) is 11.7. The van der Waals surface area contributed by atoms with Gasteiger partial charge < -0.3 is 10.2 Å². The summed E-state index contributed by atoms with van der Waals surface area (Å²) in [5.74, 6) is -1.70. The molecular formula is C15H20F2N2O. The first-order chi connectivity index (χ1) is 9.61. The van der Waals surface area contributed by atoms with Crippen LogP contribution in [-0.4, -0.2) is 29.9 Å². The number of carbonyl (C=O) groups excluding carboxylic acids is 1. The van der Waals surface area contributed by atoms with Crippen LogP contribution in [0.25, 0.3) is 0 Å². The van der Waals surface area contributed by atoms with Crippen LogP contribution in [0.2, 0.25) is 0 Å². The quantitative estimate of drug-likeness (QED) is 0.920. The number of likely N-dealkylation sites (N-methyl/N-ethyl adjacent to an activating group) is 1. The lowest BCUT2D eigenvalue weighted by molar-refractivity contribution is -0.134. The summed E-state index contributed by atoms with van der Waals surface area (Å²) in [6.45, 7) is 3.61. The molecule has 0 spiro atoms. The number of hydrogen-bond acceptors (Lipinski definition) is 2. The number of carbonyl (C=O) groups is 1. The molecule has 0 unspecified atom stereocenters. The third-order valence-corrected chi connectivity index (χ3v) is 3.66. The molecule has 0 saturated carbocycles. The zero-order valence-electron chi connectivity index (χ0n) is 11.7. The molecule has 1 aliphatic heterocycles. The topological polar surface area (TPSA) is 32.3 Å². The van der Waals surface area contributed by atoms with Gasteiger partial charge in [-0.15, -0.1) is 0 Å². The van der Waals surface area contributed by atoms with Gasteiger partial charge in [-0.3, -0.25) is 4.79 Å². The van der Waals surface area contributed by atoms with Crippen LogP contribution < -0.4 is 5.32 Å². The minimum absolute atomic E-state index is 0.0388. The van der Waals surface area contributed by atoms with Crippen molar-refractivity contribution in [2.24, 2.45) is 0 Å². The number of rotatable bonds is 4. The van der Waals surface area contributed by atoms with Crippen molar-refractivity contribution in [2.45, 2.75) is 38.8 Å². The van der Waals surface area contributed by atoms with Crippen LogP contribution in [0.5, 0.6) is 0 Å². The predicted molar refractivity (Wildman–Crippen MR) is 73.1 cm³/mol. The predicted octanol–water partition coefficient (Wildman–Crippen LogP) is 2.46. The summed E-state index contributed by atoms with van der Waals surface area (Å²) in [6, 6.07) is 3.62. The molecule has 0 aromatic heterocycles. The molecule has 1 aliphatic rings. The van der Waals surface area contributed by atoms with Crippen LogP contribution in [-0.2, 0) is 11.3 Å². The fourth-order valence-corrected chi connectivity index (χ4v) is 2.49. The molecule has 1 N–H and O–H groups in total. The van der Waals surface area contributed by atoms with Crippen molar-refractivity contribution in [3.63, 3.8) is 0 Å². The van der Waals surface area contributed by atoms with Crippen LogP contribution in [0.15, 0.2) is 18.2 Å². The summed E-state index contributed by atoms with van der Waals surface area (Å²) in [5, 5.41) is 3.21. The van der Waals surface area contributed by atoms with Gasteiger partial charge in [0.2, 0.25) is 5.91 Å². The van der Waals surface area contributed by atoms with E-state index >= 15 is 0 Å². The van der Waals surface area contributed by atoms with Gasteiger partial charge in [0.1, 0.15) is 0 Å². The number of piperidine rings is 1. The van der Waals surface area contributed by atoms with E-state index in [2.05, 4.69) is 5.32 Å². The molecule has 1 saturated heterocycles. The van der Waals surface area contributed by atoms with Gasteiger partial charge in [-0.05, 0) is 44.0 Å². The average Bonchev–Trinajstić information content (AvgIpc) is 2.48. The van der Waals surface area contributed by atoms with Crippen molar-refractivity contribution in [3.05, 3.63) is 35.4 Å². The van der Waals surface area contributed by atoms with Crippen molar-refractivity contribution < 1.29 is 13.6 Å². The van der Waals surface area contributed by atoms with Gasteiger partial charge in [0.25, 0.3) is 0 Å². The number of nitrogens with one attached hydrogen (secondary N) is 1. The highest BCUT2D eigenvalue weighted by atomic mass is 19.2. The molecular weight excluding hydrogens is 262 g/mol. The average molecular weight is 282 g/mol. The van der Waals surface area contributed by atoms with Crippen molar-refractivity contribution >= 4 is 5.91 Å². The van der Waals surface area contributed by atoms with Gasteiger partial charge in [0, 0.05) is 13.1 Å². The Morgan fingerprint density at radius 1 is 1.35 bits per heavy atom. The lowest BCUT2D eigenvalue weighted by atomic mass is 10.0. The smallest absolute Gasteiger partial charge is 0.239 e. The summed E-state index contributed by atoms with van der Waals surface area (Å²) in [7, 11) is 0. The summed E-state index contributed by atoms with van der Waals surface area (Å²) in [4.78, 5) is 14.1. The van der Waals surface area contributed by atoms with Crippen LogP contribution in [0, 0.1) is 11.6 Å². The molecule has 3 nitrogen and oxygen atoms in total. The van der Waals surface area contributed by atoms with Crippen LogP contribution >= 0.6 is 0 Å². The van der Waals surface area contributed by atoms with E-state index in [1.165, 1.54) is 6.07 Å². The lowest BCUT2D eigenvalue weighted by Gasteiger charge is -2.29. The second-order valence-corrected chi connectivity index (χ2v) is 5.10. The fraction of sp³-hybridized carbons (Fsp3) is 0.533. The maximum Gasteiger partial charge on any atom is 0.239 e. The highest BCUT2D eigenvalue weighted by molar-refractivity contribution is 5.82. The molecule has 0 aliphatic carbocycles. The highest BCUT2D eigenvalue weighted by Crippen LogP contribution is 2.14. The van der Waals surface area contributed by atoms with E-state index in [-0.39, 0.29) is 11.9 Å². The van der Waals surface area contributed by atoms with E-state index in [4.69, 9.17) is 0 Å². The Hall–Kier alpha value is -1.49. The maximum absolute atomic E-state index is 13.2. The molecule has 1 heterocycles. The van der Waals surface area contributed by atoms with Crippen LogP contribution in [0.4, 0.5) is 8.78 Å². The minimum Gasteiger partial charge on any atom is -0.337 e. The Bertz CT molecular complexity index is 473. The summed E-state index contributed by atoms with van der Waals surface area (Å²) in [6.07, 6.45) is 2.98. The molecule has 0 bridgehead atoms. The van der Waals surface area contributed by atoms with Crippen LogP contribution in [0.3, 0.4) is 0 Å². The van der Waals surface area contributed by atoms with E-state index in [1.807, 2.05) is 6.92 Å². The molecule has 2 rings (SSSR count). The Morgan fingerprint density at radius 3 is 2.75 bits per heavy atom. The van der Waals surface area contributed by atoms with Crippen molar-refractivity contribution in [3.8, 4) is 0 Å². The van der Waals surface area contributed by atoms with Gasteiger partial charge in [-0.2, -0.15) is 0 Å². The van der Waals surface area contributed by atoms with E-state index in [1.54, 1.807) is 4.90 Å². The van der Waals surface area contributed by atoms with Crippen molar-refractivity contribution in [1.82, 2.24) is 10.2 Å².